The molecular weight excluding hydrogens is 951 g/mol. The molecule has 0 radical (unpaired) electrons. The molecule has 0 saturated carbocycles. The second-order valence-corrected chi connectivity index (χ2v) is 21.8. The molecule has 0 saturated heterocycles. The van der Waals surface area contributed by atoms with Crippen molar-refractivity contribution in [3.63, 3.8) is 0 Å². The lowest BCUT2D eigenvalue weighted by Crippen LogP contribution is -2.45. The van der Waals surface area contributed by atoms with E-state index in [1.165, 1.54) is 173 Å². The number of carbonyl (C=O) groups is 1. The third-order valence-corrected chi connectivity index (χ3v) is 14.3. The molecule has 0 aliphatic rings. The van der Waals surface area contributed by atoms with Crippen molar-refractivity contribution in [2.45, 2.75) is 309 Å². The zero-order valence-electron chi connectivity index (χ0n) is 51.1. The minimum atomic E-state index is -0.894. The number of aliphatic hydroxyl groups excluding tert-OH is 2. The second kappa shape index (κ2) is 67.5. The minimum Gasteiger partial charge on any atom is -0.394 e. The Labute approximate surface area is 484 Å². The van der Waals surface area contributed by atoms with Crippen molar-refractivity contribution < 1.29 is 15.0 Å². The van der Waals surface area contributed by atoms with E-state index in [1.807, 2.05) is 6.08 Å². The molecule has 0 bridgehead atoms. The summed E-state index contributed by atoms with van der Waals surface area (Å²) in [5, 5.41) is 23.2. The van der Waals surface area contributed by atoms with Crippen LogP contribution in [0.2, 0.25) is 0 Å². The Morgan fingerprint density at radius 2 is 0.577 bits per heavy atom. The second-order valence-electron chi connectivity index (χ2n) is 21.8. The van der Waals surface area contributed by atoms with Crippen molar-refractivity contribution in [3.8, 4) is 0 Å². The molecule has 0 aromatic heterocycles. The molecule has 0 rings (SSSR count). The number of aliphatic hydroxyl groups is 2. The van der Waals surface area contributed by atoms with E-state index in [1.54, 1.807) is 6.08 Å². The quantitative estimate of drug-likeness (QED) is 0.0420. The summed E-state index contributed by atoms with van der Waals surface area (Å²) in [4.78, 5) is 12.5. The van der Waals surface area contributed by atoms with Crippen molar-refractivity contribution in [1.82, 2.24) is 5.32 Å². The van der Waals surface area contributed by atoms with E-state index in [4.69, 9.17) is 0 Å². The van der Waals surface area contributed by atoms with Gasteiger partial charge in [0.25, 0.3) is 0 Å². The lowest BCUT2D eigenvalue weighted by molar-refractivity contribution is -0.123. The highest BCUT2D eigenvalue weighted by Gasteiger charge is 2.17. The molecule has 4 heteroatoms. The van der Waals surface area contributed by atoms with Crippen LogP contribution in [0.4, 0.5) is 0 Å². The lowest BCUT2D eigenvalue weighted by Gasteiger charge is -2.19. The van der Waals surface area contributed by atoms with E-state index in [2.05, 4.69) is 153 Å². The molecule has 1 amide bonds. The Morgan fingerprint density at radius 3 is 0.897 bits per heavy atom. The van der Waals surface area contributed by atoms with E-state index in [-0.39, 0.29) is 12.5 Å². The Hall–Kier alpha value is -3.73. The van der Waals surface area contributed by atoms with Crippen LogP contribution in [0, 0.1) is 0 Å². The topological polar surface area (TPSA) is 69.6 Å². The summed E-state index contributed by atoms with van der Waals surface area (Å²) in [5.41, 5.74) is 0. The lowest BCUT2D eigenvalue weighted by atomic mass is 10.0. The molecule has 3 N–H and O–H groups in total. The number of carbonyl (C=O) groups excluding carboxylic acids is 1. The maximum Gasteiger partial charge on any atom is 0.220 e. The van der Waals surface area contributed by atoms with Gasteiger partial charge in [0, 0.05) is 6.42 Å². The van der Waals surface area contributed by atoms with Gasteiger partial charge in [-0.3, -0.25) is 4.79 Å². The average Bonchev–Trinajstić information content (AvgIpc) is 3.44. The summed E-state index contributed by atoms with van der Waals surface area (Å²) in [6.07, 6.45) is 106. The van der Waals surface area contributed by atoms with Crippen LogP contribution in [0.5, 0.6) is 0 Å². The van der Waals surface area contributed by atoms with Crippen molar-refractivity contribution in [3.05, 3.63) is 146 Å². The van der Waals surface area contributed by atoms with Crippen molar-refractivity contribution in [2.24, 2.45) is 0 Å². The monoisotopic (exact) mass is 1080 g/mol. The summed E-state index contributed by atoms with van der Waals surface area (Å²) in [6.45, 7) is 4.18. The molecule has 0 fully saturated rings. The normalized spacial score (nSPS) is 13.7. The number of unbranched alkanes of at least 4 members (excludes halogenated alkanes) is 30. The molecule has 0 aliphatic carbocycles. The highest BCUT2D eigenvalue weighted by Crippen LogP contribution is 2.17. The van der Waals surface area contributed by atoms with Gasteiger partial charge >= 0.3 is 0 Å². The van der Waals surface area contributed by atoms with Gasteiger partial charge in [0.2, 0.25) is 5.91 Å². The Balaban J connectivity index is 3.65. The Kier molecular flexibility index (Phi) is 64.3. The molecular formula is C74H125NO3. The van der Waals surface area contributed by atoms with Crippen LogP contribution < -0.4 is 5.32 Å². The van der Waals surface area contributed by atoms with Gasteiger partial charge in [0.05, 0.1) is 18.8 Å². The van der Waals surface area contributed by atoms with Gasteiger partial charge in [-0.2, -0.15) is 0 Å². The van der Waals surface area contributed by atoms with E-state index in [0.717, 1.165) is 103 Å². The van der Waals surface area contributed by atoms with Crippen LogP contribution in [0.1, 0.15) is 296 Å². The highest BCUT2D eigenvalue weighted by atomic mass is 16.3. The van der Waals surface area contributed by atoms with Gasteiger partial charge < -0.3 is 15.5 Å². The number of nitrogens with one attached hydrogen (secondary N) is 1. The van der Waals surface area contributed by atoms with E-state index >= 15 is 0 Å². The predicted molar refractivity (Wildman–Crippen MR) is 349 cm³/mol. The Morgan fingerprint density at radius 1 is 0.321 bits per heavy atom. The molecule has 2 unspecified atom stereocenters. The molecule has 4 nitrogen and oxygen atoms in total. The van der Waals surface area contributed by atoms with Crippen LogP contribution in [-0.2, 0) is 4.79 Å². The van der Waals surface area contributed by atoms with Crippen molar-refractivity contribution in [1.29, 1.82) is 0 Å². The fraction of sp³-hybridized carbons (Fsp3) is 0.662. The van der Waals surface area contributed by atoms with E-state index < -0.39 is 12.1 Å². The first kappa shape index (κ1) is 74.3. The summed E-state index contributed by atoms with van der Waals surface area (Å²) in [6, 6.07) is -0.676. The molecule has 0 aromatic rings. The van der Waals surface area contributed by atoms with Gasteiger partial charge in [0.1, 0.15) is 0 Å². The third kappa shape index (κ3) is 63.1. The first-order valence-electron chi connectivity index (χ1n) is 33.0. The standard InChI is InChI=1S/C74H125NO3/c1-3-5-7-9-11-13-15-17-19-21-23-25-27-29-31-33-35-37-39-41-43-45-47-49-51-53-55-57-59-61-63-65-67-69-73(77)72(71-76)75-74(78)70-68-66-64-62-60-58-56-54-52-50-48-46-44-42-40-38-36-34-32-30-28-26-24-22-20-18-16-14-12-10-8-6-4-2/h6,8,12,14,18,20,24,26,30,32,36,38,42,44,48,50,54,56,59-62,67,69,72-73,76-77H,3-5,7,9-11,13,15-17,19,21-23,25,27-29,31,33-35,37,39-41,43,45-47,49,51-53,55,57-58,63-66,68,70-71H2,1-2H3,(H,75,78)/b8-6-,14-12-,20-18-,26-24-,32-30-,38-36-,44-42-,50-48-,56-54-,61-59+,62-60-,69-67+. The molecule has 0 heterocycles. The molecule has 0 spiro atoms. The number of amides is 1. The summed E-state index contributed by atoms with van der Waals surface area (Å²) >= 11 is 0. The van der Waals surface area contributed by atoms with Gasteiger partial charge in [-0.15, -0.1) is 0 Å². The molecule has 444 valence electrons. The van der Waals surface area contributed by atoms with E-state index in [9.17, 15) is 15.0 Å². The highest BCUT2D eigenvalue weighted by molar-refractivity contribution is 5.76. The average molecular weight is 1080 g/mol. The smallest absolute Gasteiger partial charge is 0.220 e. The zero-order chi connectivity index (χ0) is 56.2. The van der Waals surface area contributed by atoms with Gasteiger partial charge in [-0.1, -0.05) is 327 Å². The molecule has 0 aliphatic heterocycles. The maximum absolute atomic E-state index is 12.5. The SMILES string of the molecule is CC/C=C\C/C=C\C/C=C\C/C=C\C/C=C\C/C=C\C/C=C\C/C=C\C/C=C\C/C=C\CCCCC(=O)NC(CO)C(O)/C=C/CC/C=C/CCCCCCCCCCCCCCCCCCCCCCCCCCCCC. The fourth-order valence-corrected chi connectivity index (χ4v) is 9.34. The van der Waals surface area contributed by atoms with Crippen LogP contribution in [-0.4, -0.2) is 34.9 Å². The van der Waals surface area contributed by atoms with Gasteiger partial charge in [-0.05, 0) is 109 Å². The number of hydrogen-bond donors (Lipinski definition) is 3. The zero-order valence-corrected chi connectivity index (χ0v) is 51.1. The van der Waals surface area contributed by atoms with Crippen LogP contribution >= 0.6 is 0 Å². The molecule has 0 aromatic carbocycles. The van der Waals surface area contributed by atoms with Crippen molar-refractivity contribution in [2.75, 3.05) is 6.61 Å². The van der Waals surface area contributed by atoms with Crippen LogP contribution in [0.3, 0.4) is 0 Å². The summed E-state index contributed by atoms with van der Waals surface area (Å²) in [5.74, 6) is -0.119. The third-order valence-electron chi connectivity index (χ3n) is 14.3. The minimum absolute atomic E-state index is 0.119. The molecule has 2 atom stereocenters. The van der Waals surface area contributed by atoms with Crippen molar-refractivity contribution >= 4 is 5.91 Å². The van der Waals surface area contributed by atoms with Gasteiger partial charge in [-0.25, -0.2) is 0 Å². The summed E-state index contributed by atoms with van der Waals surface area (Å²) in [7, 11) is 0. The predicted octanol–water partition coefficient (Wildman–Crippen LogP) is 22.7. The number of rotatable bonds is 59. The maximum atomic E-state index is 12.5. The first-order valence-corrected chi connectivity index (χ1v) is 33.0. The van der Waals surface area contributed by atoms with Crippen LogP contribution in [0.15, 0.2) is 146 Å². The Bertz CT molecular complexity index is 1600. The number of allylic oxidation sites excluding steroid dienone is 23. The summed E-state index contributed by atoms with van der Waals surface area (Å²) < 4.78 is 0. The van der Waals surface area contributed by atoms with E-state index in [0.29, 0.717) is 6.42 Å². The number of hydrogen-bond acceptors (Lipinski definition) is 3. The molecule has 78 heavy (non-hydrogen) atoms. The fourth-order valence-electron chi connectivity index (χ4n) is 9.34. The van der Waals surface area contributed by atoms with Crippen LogP contribution in [0.25, 0.3) is 0 Å². The first-order chi connectivity index (χ1) is 38.7. The largest absolute Gasteiger partial charge is 0.394 e. The van der Waals surface area contributed by atoms with Gasteiger partial charge in [0.15, 0.2) is 0 Å².